The van der Waals surface area contributed by atoms with Crippen molar-refractivity contribution in [3.8, 4) is 5.75 Å². The van der Waals surface area contributed by atoms with Crippen molar-refractivity contribution in [1.29, 1.82) is 0 Å². The van der Waals surface area contributed by atoms with Crippen LogP contribution in [-0.4, -0.2) is 26.7 Å². The van der Waals surface area contributed by atoms with E-state index in [1.165, 1.54) is 10.6 Å². The number of thiophene rings is 1. The first-order valence-electron chi connectivity index (χ1n) is 6.84. The highest BCUT2D eigenvalue weighted by Crippen LogP contribution is 2.34. The lowest BCUT2D eigenvalue weighted by Crippen LogP contribution is -2.12. The highest BCUT2D eigenvalue weighted by molar-refractivity contribution is 7.18. The van der Waals surface area contributed by atoms with E-state index in [4.69, 9.17) is 16.7 Å². The van der Waals surface area contributed by atoms with Gasteiger partial charge in [-0.3, -0.25) is 14.2 Å². The summed E-state index contributed by atoms with van der Waals surface area (Å²) in [6.07, 6.45) is -0.464. The average Bonchev–Trinajstić information content (AvgIpc) is 3.05. The van der Waals surface area contributed by atoms with Crippen LogP contribution in [0, 0.1) is 12.7 Å². The maximum atomic E-state index is 14.4. The Labute approximate surface area is 144 Å². The van der Waals surface area contributed by atoms with Crippen LogP contribution in [0.5, 0.6) is 5.75 Å². The van der Waals surface area contributed by atoms with Crippen LogP contribution in [0.15, 0.2) is 24.3 Å². The summed E-state index contributed by atoms with van der Waals surface area (Å²) < 4.78 is 16.1. The van der Waals surface area contributed by atoms with Crippen LogP contribution in [0.25, 0.3) is 10.9 Å². The molecule has 0 saturated heterocycles. The van der Waals surface area contributed by atoms with Gasteiger partial charge in [-0.15, -0.1) is 11.3 Å². The zero-order valence-electron chi connectivity index (χ0n) is 12.3. The minimum atomic E-state index is -1.16. The number of nitrogens with zero attached hydrogens (tertiary/aromatic N) is 1. The van der Waals surface area contributed by atoms with Crippen LogP contribution >= 0.6 is 22.9 Å². The van der Waals surface area contributed by atoms with Gasteiger partial charge in [-0.1, -0.05) is 11.6 Å². The van der Waals surface area contributed by atoms with Crippen LogP contribution in [0.3, 0.4) is 0 Å². The molecular weight excluding hydrogens is 357 g/mol. The first kappa shape index (κ1) is 16.5. The van der Waals surface area contributed by atoms with Gasteiger partial charge in [0, 0.05) is 11.1 Å². The summed E-state index contributed by atoms with van der Waals surface area (Å²) in [6.45, 7) is 1.54. The third-order valence-electron chi connectivity index (χ3n) is 3.73. The van der Waals surface area contributed by atoms with E-state index >= 15 is 0 Å². The number of phenols is 1. The number of hydrogen-bond donors (Lipinski definition) is 2. The second-order valence-electron chi connectivity index (χ2n) is 5.17. The van der Waals surface area contributed by atoms with E-state index < -0.39 is 29.9 Å². The van der Waals surface area contributed by atoms with Crippen molar-refractivity contribution in [3.63, 3.8) is 0 Å². The van der Waals surface area contributed by atoms with E-state index in [1.54, 1.807) is 19.1 Å². The molecule has 1 aromatic carbocycles. The van der Waals surface area contributed by atoms with Crippen LogP contribution in [0.2, 0.25) is 4.34 Å². The Morgan fingerprint density at radius 1 is 1.29 bits per heavy atom. The van der Waals surface area contributed by atoms with Crippen molar-refractivity contribution in [1.82, 2.24) is 4.57 Å². The summed E-state index contributed by atoms with van der Waals surface area (Å²) in [5.74, 6) is -3.14. The molecule has 0 amide bonds. The van der Waals surface area contributed by atoms with Gasteiger partial charge in [0.15, 0.2) is 11.6 Å². The normalized spacial score (nSPS) is 11.1. The largest absolute Gasteiger partial charge is 0.505 e. The lowest BCUT2D eigenvalue weighted by atomic mass is 10.1. The minimum Gasteiger partial charge on any atom is -0.505 e. The number of hydrogen-bond acceptors (Lipinski definition) is 4. The molecule has 0 aliphatic rings. The fourth-order valence-electron chi connectivity index (χ4n) is 2.69. The summed E-state index contributed by atoms with van der Waals surface area (Å²) in [4.78, 5) is 24.2. The van der Waals surface area contributed by atoms with Gasteiger partial charge in [-0.05, 0) is 36.8 Å². The number of fused-ring (bicyclic) bond motifs is 1. The number of benzene rings is 1. The molecular formula is C16H11ClFNO4S. The molecule has 0 aliphatic carbocycles. The molecule has 0 bridgehead atoms. The third-order valence-corrected chi connectivity index (χ3v) is 4.95. The lowest BCUT2D eigenvalue weighted by molar-refractivity contribution is -0.136. The minimum absolute atomic E-state index is 0.0640. The van der Waals surface area contributed by atoms with Crippen molar-refractivity contribution >= 4 is 45.7 Å². The molecule has 24 heavy (non-hydrogen) atoms. The Hall–Kier alpha value is -2.38. The number of rotatable bonds is 3. The van der Waals surface area contributed by atoms with E-state index in [0.717, 1.165) is 17.4 Å². The monoisotopic (exact) mass is 367 g/mol. The van der Waals surface area contributed by atoms with Crippen molar-refractivity contribution in [2.24, 2.45) is 0 Å². The summed E-state index contributed by atoms with van der Waals surface area (Å²) >= 11 is 6.93. The Kier molecular flexibility index (Phi) is 4.06. The van der Waals surface area contributed by atoms with Crippen LogP contribution in [-0.2, 0) is 11.2 Å². The smallest absolute Gasteiger partial charge is 0.307 e. The van der Waals surface area contributed by atoms with Gasteiger partial charge in [-0.25, -0.2) is 4.39 Å². The molecule has 0 fully saturated rings. The zero-order valence-corrected chi connectivity index (χ0v) is 13.9. The summed E-state index contributed by atoms with van der Waals surface area (Å²) in [5, 5.41) is 18.6. The van der Waals surface area contributed by atoms with Crippen molar-refractivity contribution in [2.45, 2.75) is 13.3 Å². The second-order valence-corrected chi connectivity index (χ2v) is 6.89. The molecule has 0 radical (unpaired) electrons. The molecule has 124 valence electrons. The number of halogens is 2. The zero-order chi connectivity index (χ0) is 17.6. The van der Waals surface area contributed by atoms with Crippen LogP contribution in [0.4, 0.5) is 4.39 Å². The number of aromatic hydroxyl groups is 1. The first-order valence-corrected chi connectivity index (χ1v) is 8.04. The molecule has 2 N–H and O–H groups in total. The Balaban J connectivity index is 2.32. The number of phenolic OH excluding ortho intramolecular Hbond substituents is 1. The highest BCUT2D eigenvalue weighted by Gasteiger charge is 2.25. The Morgan fingerprint density at radius 2 is 2.00 bits per heavy atom. The van der Waals surface area contributed by atoms with Crippen LogP contribution < -0.4 is 0 Å². The van der Waals surface area contributed by atoms with Gasteiger partial charge in [0.25, 0.3) is 5.91 Å². The fraction of sp³-hybridized carbons (Fsp3) is 0.125. The van der Waals surface area contributed by atoms with E-state index in [0.29, 0.717) is 14.9 Å². The molecule has 8 heteroatoms. The van der Waals surface area contributed by atoms with Gasteiger partial charge in [0.2, 0.25) is 0 Å². The number of carboxylic acid groups (broad SMARTS) is 1. The summed E-state index contributed by atoms with van der Waals surface area (Å²) in [7, 11) is 0. The number of carboxylic acids is 1. The molecule has 0 unspecified atom stereocenters. The molecule has 2 heterocycles. The Morgan fingerprint density at radius 3 is 2.58 bits per heavy atom. The molecule has 3 rings (SSSR count). The number of aromatic nitrogens is 1. The third kappa shape index (κ3) is 2.55. The second kappa shape index (κ2) is 5.92. The van der Waals surface area contributed by atoms with Gasteiger partial charge in [0.05, 0.1) is 21.2 Å². The first-order chi connectivity index (χ1) is 11.3. The maximum Gasteiger partial charge on any atom is 0.307 e. The van der Waals surface area contributed by atoms with Gasteiger partial charge in [-0.2, -0.15) is 0 Å². The molecule has 0 aliphatic heterocycles. The molecule has 0 spiro atoms. The SMILES string of the molecule is Cc1c(CC(=O)O)c2c(F)c(O)ccc2n1C(=O)c1ccc(Cl)s1. The van der Waals surface area contributed by atoms with Gasteiger partial charge < -0.3 is 10.2 Å². The fourth-order valence-corrected chi connectivity index (χ4v) is 3.67. The average molecular weight is 368 g/mol. The molecule has 3 aromatic rings. The summed E-state index contributed by atoms with van der Waals surface area (Å²) in [6, 6.07) is 5.64. The van der Waals surface area contributed by atoms with Crippen molar-refractivity contribution in [2.75, 3.05) is 0 Å². The number of aliphatic carboxylic acids is 1. The molecule has 0 atom stereocenters. The van der Waals surface area contributed by atoms with E-state index in [9.17, 15) is 19.1 Å². The van der Waals surface area contributed by atoms with E-state index in [2.05, 4.69) is 0 Å². The van der Waals surface area contributed by atoms with Crippen LogP contribution in [0.1, 0.15) is 20.9 Å². The topological polar surface area (TPSA) is 79.5 Å². The number of carbonyl (C=O) groups is 2. The predicted octanol–water partition coefficient (Wildman–Crippen LogP) is 3.82. The predicted molar refractivity (Wildman–Crippen MR) is 88.7 cm³/mol. The lowest BCUT2D eigenvalue weighted by Gasteiger charge is -2.05. The van der Waals surface area contributed by atoms with E-state index in [-0.39, 0.29) is 16.5 Å². The summed E-state index contributed by atoms with van der Waals surface area (Å²) in [5.41, 5.74) is 0.668. The van der Waals surface area contributed by atoms with Crippen molar-refractivity contribution in [3.05, 3.63) is 50.6 Å². The molecule has 0 saturated carbocycles. The van der Waals surface area contributed by atoms with Gasteiger partial charge in [0.1, 0.15) is 0 Å². The standard InChI is InChI=1S/C16H11ClFNO4S/c1-7-8(6-13(21)22)14-9(2-3-10(20)15(14)18)19(7)16(23)11-4-5-12(17)24-11/h2-5,20H,6H2,1H3,(H,21,22). The Bertz CT molecular complexity index is 992. The highest BCUT2D eigenvalue weighted by atomic mass is 35.5. The number of carbonyl (C=O) groups excluding carboxylic acids is 1. The maximum absolute atomic E-state index is 14.4. The molecule has 5 nitrogen and oxygen atoms in total. The quantitative estimate of drug-likeness (QED) is 0.737. The van der Waals surface area contributed by atoms with Crippen molar-refractivity contribution < 1.29 is 24.2 Å². The molecule has 2 aromatic heterocycles. The van der Waals surface area contributed by atoms with Gasteiger partial charge >= 0.3 is 5.97 Å². The van der Waals surface area contributed by atoms with E-state index in [1.807, 2.05) is 0 Å².